The number of para-hydroxylation sites is 1. The second-order valence-corrected chi connectivity index (χ2v) is 6.75. The van der Waals surface area contributed by atoms with E-state index in [1.807, 2.05) is 55.6 Å². The Morgan fingerprint density at radius 2 is 1.90 bits per heavy atom. The molecule has 3 N–H and O–H groups in total. The summed E-state index contributed by atoms with van der Waals surface area (Å²) in [5, 5.41) is 17.1. The van der Waals surface area contributed by atoms with Crippen LogP contribution in [0, 0.1) is 18.3 Å². The number of nitriles is 1. The Bertz CT molecular complexity index is 1270. The number of aromatic amines is 1. The highest BCUT2D eigenvalue weighted by Crippen LogP contribution is 2.37. The van der Waals surface area contributed by atoms with Crippen LogP contribution in [0.4, 0.5) is 17.1 Å². The predicted molar refractivity (Wildman–Crippen MR) is 115 cm³/mol. The molecule has 2 heterocycles. The summed E-state index contributed by atoms with van der Waals surface area (Å²) in [5.74, 6) is -0.162. The van der Waals surface area contributed by atoms with Gasteiger partial charge < -0.3 is 15.6 Å². The first-order valence-corrected chi connectivity index (χ1v) is 9.17. The molecule has 4 rings (SSSR count). The molecular formula is C23H19N5O. The lowest BCUT2D eigenvalue weighted by Gasteiger charge is -2.17. The number of H-pyrrole nitrogens is 1. The smallest absolute Gasteiger partial charge is 0.221 e. The molecule has 6 nitrogen and oxygen atoms in total. The Hall–Kier alpha value is -4.11. The van der Waals surface area contributed by atoms with Crippen LogP contribution in [-0.4, -0.2) is 15.9 Å². The molecule has 0 spiro atoms. The van der Waals surface area contributed by atoms with Crippen molar-refractivity contribution in [3.63, 3.8) is 0 Å². The molecule has 142 valence electrons. The van der Waals surface area contributed by atoms with E-state index in [0.717, 1.165) is 33.3 Å². The number of carbonyl (C=O) groups excluding carboxylic acids is 1. The molecule has 1 amide bonds. The van der Waals surface area contributed by atoms with Gasteiger partial charge >= 0.3 is 0 Å². The quantitative estimate of drug-likeness (QED) is 0.458. The number of carbonyl (C=O) groups is 1. The van der Waals surface area contributed by atoms with Crippen LogP contribution in [0.15, 0.2) is 61.1 Å². The number of benzene rings is 2. The molecule has 0 aliphatic carbocycles. The van der Waals surface area contributed by atoms with Gasteiger partial charge in [-0.3, -0.25) is 9.78 Å². The van der Waals surface area contributed by atoms with E-state index in [0.29, 0.717) is 16.9 Å². The Kier molecular flexibility index (Phi) is 4.71. The van der Waals surface area contributed by atoms with Crippen molar-refractivity contribution in [1.82, 2.24) is 9.97 Å². The number of anilines is 3. The molecular weight excluding hydrogens is 362 g/mol. The third-order valence-electron chi connectivity index (χ3n) is 4.86. The molecule has 0 radical (unpaired) electrons. The van der Waals surface area contributed by atoms with Crippen molar-refractivity contribution < 1.29 is 4.79 Å². The fraction of sp³-hybridized carbons (Fsp3) is 0.0870. The summed E-state index contributed by atoms with van der Waals surface area (Å²) in [4.78, 5) is 19.1. The predicted octanol–water partition coefficient (Wildman–Crippen LogP) is 5.11. The highest BCUT2D eigenvalue weighted by atomic mass is 16.1. The zero-order valence-electron chi connectivity index (χ0n) is 16.1. The number of nitrogens with zero attached hydrogens (tertiary/aromatic N) is 2. The monoisotopic (exact) mass is 381 g/mol. The van der Waals surface area contributed by atoms with Crippen molar-refractivity contribution in [1.29, 1.82) is 5.26 Å². The van der Waals surface area contributed by atoms with Crippen molar-refractivity contribution in [2.45, 2.75) is 13.8 Å². The van der Waals surface area contributed by atoms with Crippen LogP contribution in [0.25, 0.3) is 22.0 Å². The van der Waals surface area contributed by atoms with Gasteiger partial charge in [-0.05, 0) is 36.8 Å². The highest BCUT2D eigenvalue weighted by Gasteiger charge is 2.16. The number of pyridine rings is 1. The van der Waals surface area contributed by atoms with E-state index in [1.54, 1.807) is 6.20 Å². The average molecular weight is 381 g/mol. The van der Waals surface area contributed by atoms with Gasteiger partial charge in [-0.2, -0.15) is 5.26 Å². The molecule has 29 heavy (non-hydrogen) atoms. The summed E-state index contributed by atoms with van der Waals surface area (Å²) in [7, 11) is 0. The SMILES string of the molecule is CC(=O)Nc1ccccc1-c1cncc(C#N)c1Nc1ccc2[nH]ccc2c1C. The largest absolute Gasteiger partial charge is 0.361 e. The molecule has 0 saturated heterocycles. The number of aromatic nitrogens is 2. The first kappa shape index (κ1) is 18.3. The van der Waals surface area contributed by atoms with Crippen LogP contribution in [0.3, 0.4) is 0 Å². The lowest BCUT2D eigenvalue weighted by molar-refractivity contribution is -0.114. The van der Waals surface area contributed by atoms with Crippen molar-refractivity contribution in [3.05, 3.63) is 72.2 Å². The van der Waals surface area contributed by atoms with Gasteiger partial charge in [0.1, 0.15) is 6.07 Å². The maximum atomic E-state index is 11.6. The Labute approximate surface area is 168 Å². The molecule has 2 aromatic heterocycles. The molecule has 4 aromatic rings. The van der Waals surface area contributed by atoms with Crippen molar-refractivity contribution >= 4 is 33.9 Å². The maximum Gasteiger partial charge on any atom is 0.221 e. The van der Waals surface area contributed by atoms with E-state index < -0.39 is 0 Å². The minimum absolute atomic E-state index is 0.162. The molecule has 2 aromatic carbocycles. The Morgan fingerprint density at radius 3 is 2.69 bits per heavy atom. The van der Waals surface area contributed by atoms with Gasteiger partial charge in [0.15, 0.2) is 0 Å². The van der Waals surface area contributed by atoms with Crippen LogP contribution in [-0.2, 0) is 4.79 Å². The molecule has 0 saturated carbocycles. The first-order valence-electron chi connectivity index (χ1n) is 9.17. The minimum atomic E-state index is -0.162. The van der Waals surface area contributed by atoms with E-state index in [2.05, 4.69) is 26.7 Å². The number of nitrogens with one attached hydrogen (secondary N) is 3. The standard InChI is InChI=1S/C23H19N5O/c1-14-17-9-10-26-21(17)8-7-20(14)28-23-16(11-24)12-25-13-19(23)18-5-3-4-6-22(18)27-15(2)29/h3-10,12-13,26H,1-2H3,(H,25,28)(H,27,29). The van der Waals surface area contributed by atoms with E-state index in [1.165, 1.54) is 13.1 Å². The molecule has 0 aliphatic rings. The van der Waals surface area contributed by atoms with Gasteiger partial charge in [-0.15, -0.1) is 0 Å². The second-order valence-electron chi connectivity index (χ2n) is 6.75. The zero-order valence-corrected chi connectivity index (χ0v) is 16.1. The van der Waals surface area contributed by atoms with Gasteiger partial charge in [0.2, 0.25) is 5.91 Å². The van der Waals surface area contributed by atoms with Gasteiger partial charge in [0, 0.05) is 58.9 Å². The van der Waals surface area contributed by atoms with Crippen LogP contribution in [0.5, 0.6) is 0 Å². The zero-order chi connectivity index (χ0) is 20.4. The van der Waals surface area contributed by atoms with Gasteiger partial charge in [0.05, 0.1) is 11.3 Å². The number of rotatable bonds is 4. The molecule has 0 aliphatic heterocycles. The molecule has 0 fully saturated rings. The van der Waals surface area contributed by atoms with Crippen molar-refractivity contribution in [3.8, 4) is 17.2 Å². The highest BCUT2D eigenvalue weighted by molar-refractivity contribution is 5.98. The summed E-state index contributed by atoms with van der Waals surface area (Å²) < 4.78 is 0. The average Bonchev–Trinajstić information content (AvgIpc) is 3.20. The maximum absolute atomic E-state index is 11.6. The summed E-state index contributed by atoms with van der Waals surface area (Å²) >= 11 is 0. The van der Waals surface area contributed by atoms with Gasteiger partial charge in [-0.1, -0.05) is 18.2 Å². The summed E-state index contributed by atoms with van der Waals surface area (Å²) in [6.45, 7) is 3.51. The lowest BCUT2D eigenvalue weighted by atomic mass is 10.0. The number of amides is 1. The van der Waals surface area contributed by atoms with E-state index in [4.69, 9.17) is 0 Å². The third kappa shape index (κ3) is 3.42. The van der Waals surface area contributed by atoms with Crippen LogP contribution in [0.1, 0.15) is 18.1 Å². The lowest BCUT2D eigenvalue weighted by Crippen LogP contribution is -2.07. The Balaban J connectivity index is 1.87. The van der Waals surface area contributed by atoms with Crippen molar-refractivity contribution in [2.75, 3.05) is 10.6 Å². The number of fused-ring (bicyclic) bond motifs is 1. The topological polar surface area (TPSA) is 93.6 Å². The Morgan fingerprint density at radius 1 is 1.07 bits per heavy atom. The van der Waals surface area contributed by atoms with Crippen LogP contribution in [0.2, 0.25) is 0 Å². The fourth-order valence-electron chi connectivity index (χ4n) is 3.45. The summed E-state index contributed by atoms with van der Waals surface area (Å²) in [6.07, 6.45) is 5.15. The number of aryl methyl sites for hydroxylation is 1. The van der Waals surface area contributed by atoms with Crippen molar-refractivity contribution in [2.24, 2.45) is 0 Å². The van der Waals surface area contributed by atoms with Gasteiger partial charge in [0.25, 0.3) is 0 Å². The summed E-state index contributed by atoms with van der Waals surface area (Å²) in [6, 6.07) is 15.7. The number of hydrogen-bond donors (Lipinski definition) is 3. The van der Waals surface area contributed by atoms with Gasteiger partial charge in [-0.25, -0.2) is 0 Å². The van der Waals surface area contributed by atoms with E-state index in [9.17, 15) is 10.1 Å². The second kappa shape index (κ2) is 7.49. The molecule has 0 bridgehead atoms. The van der Waals surface area contributed by atoms with Crippen LogP contribution < -0.4 is 10.6 Å². The molecule has 0 atom stereocenters. The fourth-order valence-corrected chi connectivity index (χ4v) is 3.45. The number of hydrogen-bond acceptors (Lipinski definition) is 4. The third-order valence-corrected chi connectivity index (χ3v) is 4.86. The molecule has 6 heteroatoms. The minimum Gasteiger partial charge on any atom is -0.361 e. The normalized spacial score (nSPS) is 10.5. The first-order chi connectivity index (χ1) is 14.1. The molecule has 0 unspecified atom stereocenters. The van der Waals surface area contributed by atoms with E-state index in [-0.39, 0.29) is 5.91 Å². The van der Waals surface area contributed by atoms with E-state index >= 15 is 0 Å². The van der Waals surface area contributed by atoms with Crippen LogP contribution >= 0.6 is 0 Å². The summed E-state index contributed by atoms with van der Waals surface area (Å²) in [5.41, 5.74) is 6.30.